The molecular formula is C16H24N2O2S. The first kappa shape index (κ1) is 16.2. The second-order valence-corrected chi connectivity index (χ2v) is 6.98. The summed E-state index contributed by atoms with van der Waals surface area (Å²) in [4.78, 5) is 13.2. The van der Waals surface area contributed by atoms with Crippen molar-refractivity contribution in [3.63, 3.8) is 0 Å². The maximum atomic E-state index is 11.9. The highest BCUT2D eigenvalue weighted by Gasteiger charge is 2.18. The van der Waals surface area contributed by atoms with Gasteiger partial charge in [-0.05, 0) is 43.5 Å². The molecule has 2 atom stereocenters. The molecule has 1 aliphatic heterocycles. The molecule has 1 aromatic rings. The Balaban J connectivity index is 1.92. The zero-order valence-corrected chi connectivity index (χ0v) is 13.8. The lowest BCUT2D eigenvalue weighted by Crippen LogP contribution is -2.38. The van der Waals surface area contributed by atoms with Crippen LogP contribution >= 0.6 is 11.8 Å². The highest BCUT2D eigenvalue weighted by atomic mass is 32.2. The summed E-state index contributed by atoms with van der Waals surface area (Å²) in [6.45, 7) is 7.78. The molecule has 2 rings (SSSR count). The second-order valence-electron chi connectivity index (χ2n) is 5.47. The zero-order valence-electron chi connectivity index (χ0n) is 12.9. The highest BCUT2D eigenvalue weighted by molar-refractivity contribution is 7.99. The van der Waals surface area contributed by atoms with Gasteiger partial charge in [-0.1, -0.05) is 13.8 Å². The van der Waals surface area contributed by atoms with Crippen LogP contribution in [0.4, 0.5) is 10.5 Å². The molecule has 1 fully saturated rings. The van der Waals surface area contributed by atoms with Crippen LogP contribution < -0.4 is 10.6 Å². The van der Waals surface area contributed by atoms with Gasteiger partial charge < -0.3 is 15.4 Å². The number of aryl methyl sites for hydroxylation is 1. The monoisotopic (exact) mass is 308 g/mol. The van der Waals surface area contributed by atoms with Crippen LogP contribution in [-0.2, 0) is 4.74 Å². The summed E-state index contributed by atoms with van der Waals surface area (Å²) in [6, 6.07) is 6.15. The fraction of sp³-hybridized carbons (Fsp3) is 0.562. The minimum absolute atomic E-state index is 0.130. The SMILES string of the molecule is CC[C@@H](C)Sc1ccc(NC(=O)N[C@@H]2CCOC2)c(C)c1. The maximum Gasteiger partial charge on any atom is 0.319 e. The Labute approximate surface area is 131 Å². The van der Waals surface area contributed by atoms with Gasteiger partial charge in [-0.15, -0.1) is 11.8 Å². The molecule has 0 aliphatic carbocycles. The number of anilines is 1. The number of ether oxygens (including phenoxy) is 1. The maximum absolute atomic E-state index is 11.9. The molecule has 21 heavy (non-hydrogen) atoms. The lowest BCUT2D eigenvalue weighted by Gasteiger charge is -2.15. The van der Waals surface area contributed by atoms with Gasteiger partial charge in [-0.2, -0.15) is 0 Å². The number of hydrogen-bond donors (Lipinski definition) is 2. The van der Waals surface area contributed by atoms with Gasteiger partial charge in [0.2, 0.25) is 0 Å². The quantitative estimate of drug-likeness (QED) is 0.814. The standard InChI is InChI=1S/C16H24N2O2S/c1-4-12(3)21-14-5-6-15(11(2)9-14)18-16(19)17-13-7-8-20-10-13/h5-6,9,12-13H,4,7-8,10H2,1-3H3,(H2,17,18,19)/t12-,13-/m1/s1. The fourth-order valence-electron chi connectivity index (χ4n) is 2.16. The van der Waals surface area contributed by atoms with Crippen molar-refractivity contribution in [3.05, 3.63) is 23.8 Å². The van der Waals surface area contributed by atoms with Gasteiger partial charge in [-0.25, -0.2) is 4.79 Å². The van der Waals surface area contributed by atoms with E-state index in [0.29, 0.717) is 11.9 Å². The predicted octanol–water partition coefficient (Wildman–Crippen LogP) is 3.80. The van der Waals surface area contributed by atoms with Crippen molar-refractivity contribution >= 4 is 23.5 Å². The van der Waals surface area contributed by atoms with Crippen LogP contribution in [0, 0.1) is 6.92 Å². The number of thioether (sulfide) groups is 1. The predicted molar refractivity (Wildman–Crippen MR) is 88.2 cm³/mol. The molecular weight excluding hydrogens is 284 g/mol. The lowest BCUT2D eigenvalue weighted by molar-refractivity contribution is 0.189. The Kier molecular flexibility index (Phi) is 5.94. The molecule has 1 aromatic carbocycles. The van der Waals surface area contributed by atoms with E-state index in [1.165, 1.54) is 4.90 Å². The molecule has 1 aliphatic rings. The van der Waals surface area contributed by atoms with E-state index in [4.69, 9.17) is 4.74 Å². The first-order valence-electron chi connectivity index (χ1n) is 7.51. The molecule has 0 bridgehead atoms. The smallest absolute Gasteiger partial charge is 0.319 e. The van der Waals surface area contributed by atoms with Gasteiger partial charge in [0, 0.05) is 22.4 Å². The van der Waals surface area contributed by atoms with Gasteiger partial charge in [0.25, 0.3) is 0 Å². The van der Waals surface area contributed by atoms with Crippen molar-refractivity contribution in [2.45, 2.75) is 49.8 Å². The summed E-state index contributed by atoms with van der Waals surface area (Å²) in [7, 11) is 0. The van der Waals surface area contributed by atoms with Crippen molar-refractivity contribution in [1.82, 2.24) is 5.32 Å². The molecule has 116 valence electrons. The minimum atomic E-state index is -0.157. The molecule has 1 heterocycles. The molecule has 0 saturated carbocycles. The van der Waals surface area contributed by atoms with Crippen molar-refractivity contribution < 1.29 is 9.53 Å². The Morgan fingerprint density at radius 1 is 1.52 bits per heavy atom. The topological polar surface area (TPSA) is 50.4 Å². The van der Waals surface area contributed by atoms with E-state index in [0.717, 1.165) is 30.7 Å². The summed E-state index contributed by atoms with van der Waals surface area (Å²) in [5.41, 5.74) is 1.95. The first-order chi connectivity index (χ1) is 10.1. The Morgan fingerprint density at radius 2 is 2.33 bits per heavy atom. The Morgan fingerprint density at radius 3 is 2.95 bits per heavy atom. The Hall–Kier alpha value is -1.20. The molecule has 0 aromatic heterocycles. The van der Waals surface area contributed by atoms with Gasteiger partial charge in [0.1, 0.15) is 0 Å². The molecule has 4 nitrogen and oxygen atoms in total. The van der Waals surface area contributed by atoms with E-state index in [1.807, 2.05) is 24.8 Å². The molecule has 5 heteroatoms. The van der Waals surface area contributed by atoms with E-state index < -0.39 is 0 Å². The lowest BCUT2D eigenvalue weighted by atomic mass is 10.2. The molecule has 0 spiro atoms. The van der Waals surface area contributed by atoms with E-state index in [-0.39, 0.29) is 12.1 Å². The number of benzene rings is 1. The number of amides is 2. The van der Waals surface area contributed by atoms with Crippen LogP contribution in [0.3, 0.4) is 0 Å². The largest absolute Gasteiger partial charge is 0.379 e. The van der Waals surface area contributed by atoms with Crippen LogP contribution in [0.5, 0.6) is 0 Å². The van der Waals surface area contributed by atoms with Gasteiger partial charge >= 0.3 is 6.03 Å². The van der Waals surface area contributed by atoms with Crippen LogP contribution in [0.1, 0.15) is 32.3 Å². The first-order valence-corrected chi connectivity index (χ1v) is 8.39. The fourth-order valence-corrected chi connectivity index (χ4v) is 3.18. The molecule has 0 radical (unpaired) electrons. The third kappa shape index (κ3) is 4.93. The zero-order chi connectivity index (χ0) is 15.2. The van der Waals surface area contributed by atoms with Crippen molar-refractivity contribution in [2.24, 2.45) is 0 Å². The summed E-state index contributed by atoms with van der Waals surface area (Å²) in [6.07, 6.45) is 2.03. The number of carbonyl (C=O) groups excluding carboxylic acids is 1. The summed E-state index contributed by atoms with van der Waals surface area (Å²) < 4.78 is 5.25. The molecule has 1 saturated heterocycles. The minimum Gasteiger partial charge on any atom is -0.379 e. The third-order valence-electron chi connectivity index (χ3n) is 3.62. The van der Waals surface area contributed by atoms with Gasteiger partial charge in [0.15, 0.2) is 0 Å². The summed E-state index contributed by atoms with van der Waals surface area (Å²) in [5, 5.41) is 6.45. The number of rotatable bonds is 5. The second kappa shape index (κ2) is 7.71. The van der Waals surface area contributed by atoms with Crippen LogP contribution in [0.25, 0.3) is 0 Å². The van der Waals surface area contributed by atoms with Gasteiger partial charge in [0.05, 0.1) is 12.6 Å². The third-order valence-corrected chi connectivity index (χ3v) is 4.88. The van der Waals surface area contributed by atoms with Crippen LogP contribution in [0.2, 0.25) is 0 Å². The van der Waals surface area contributed by atoms with E-state index in [9.17, 15) is 4.79 Å². The van der Waals surface area contributed by atoms with E-state index in [2.05, 4.69) is 36.6 Å². The van der Waals surface area contributed by atoms with Crippen LogP contribution in [0.15, 0.2) is 23.1 Å². The average Bonchev–Trinajstić information content (AvgIpc) is 2.94. The number of urea groups is 1. The summed E-state index contributed by atoms with van der Waals surface area (Å²) >= 11 is 1.87. The molecule has 2 amide bonds. The normalized spacial score (nSPS) is 19.3. The van der Waals surface area contributed by atoms with E-state index >= 15 is 0 Å². The summed E-state index contributed by atoms with van der Waals surface area (Å²) in [5.74, 6) is 0. The number of hydrogen-bond acceptors (Lipinski definition) is 3. The number of carbonyl (C=O) groups is 1. The molecule has 2 N–H and O–H groups in total. The van der Waals surface area contributed by atoms with Crippen molar-refractivity contribution in [2.75, 3.05) is 18.5 Å². The average molecular weight is 308 g/mol. The highest BCUT2D eigenvalue weighted by Crippen LogP contribution is 2.28. The van der Waals surface area contributed by atoms with E-state index in [1.54, 1.807) is 0 Å². The Bertz CT molecular complexity index is 487. The number of nitrogens with one attached hydrogen (secondary N) is 2. The van der Waals surface area contributed by atoms with Crippen LogP contribution in [-0.4, -0.2) is 30.5 Å². The molecule has 0 unspecified atom stereocenters. The van der Waals surface area contributed by atoms with Crippen molar-refractivity contribution in [1.29, 1.82) is 0 Å². The van der Waals surface area contributed by atoms with Crippen molar-refractivity contribution in [3.8, 4) is 0 Å². The van der Waals surface area contributed by atoms with Gasteiger partial charge in [-0.3, -0.25) is 0 Å².